The van der Waals surface area contributed by atoms with E-state index in [1.165, 1.54) is 15.9 Å². The van der Waals surface area contributed by atoms with Crippen molar-refractivity contribution in [3.05, 3.63) is 150 Å². The van der Waals surface area contributed by atoms with E-state index in [-0.39, 0.29) is 18.7 Å². The van der Waals surface area contributed by atoms with Crippen molar-refractivity contribution in [2.45, 2.75) is 26.1 Å². The lowest BCUT2D eigenvalue weighted by molar-refractivity contribution is -0.136. The molecule has 0 radical (unpaired) electrons. The highest BCUT2D eigenvalue weighted by atomic mass is 19.1. The van der Waals surface area contributed by atoms with Crippen LogP contribution in [0.1, 0.15) is 23.1 Å². The Kier molecular flexibility index (Phi) is 10.2. The number of nitrogens with zero attached hydrogens (tertiary/aromatic N) is 2. The third-order valence-electron chi connectivity index (χ3n) is 8.33. The normalized spacial score (nSPS) is 14.1. The van der Waals surface area contributed by atoms with Crippen LogP contribution in [-0.2, 0) is 34.0 Å². The molecule has 0 saturated carbocycles. The van der Waals surface area contributed by atoms with Gasteiger partial charge in [-0.1, -0.05) is 72.8 Å². The summed E-state index contributed by atoms with van der Waals surface area (Å²) in [7, 11) is 0. The van der Waals surface area contributed by atoms with Gasteiger partial charge in [0, 0.05) is 42.1 Å². The zero-order valence-corrected chi connectivity index (χ0v) is 27.0. The molecular formula is C39H35FN6O4. The Labute approximate surface area is 288 Å². The number of halogens is 1. The van der Waals surface area contributed by atoms with Gasteiger partial charge in [-0.2, -0.15) is 0 Å². The van der Waals surface area contributed by atoms with E-state index in [1.54, 1.807) is 91.0 Å². The fourth-order valence-corrected chi connectivity index (χ4v) is 5.74. The quantitative estimate of drug-likeness (QED) is 0.126. The summed E-state index contributed by atoms with van der Waals surface area (Å²) in [5, 5.41) is 8.23. The lowest BCUT2D eigenvalue weighted by atomic mass is 10.0. The maximum atomic E-state index is 14.4. The summed E-state index contributed by atoms with van der Waals surface area (Å²) in [6, 6.07) is 35.9. The maximum Gasteiger partial charge on any atom is 0.323 e. The van der Waals surface area contributed by atoms with Crippen LogP contribution >= 0.6 is 0 Å². The Morgan fingerprint density at radius 2 is 1.28 bits per heavy atom. The molecule has 0 bridgehead atoms. The van der Waals surface area contributed by atoms with E-state index in [0.29, 0.717) is 35.0 Å². The molecule has 1 aliphatic heterocycles. The number of amides is 5. The molecule has 0 aromatic heterocycles. The first-order valence-corrected chi connectivity index (χ1v) is 16.1. The molecule has 0 fully saturated rings. The first kappa shape index (κ1) is 33.6. The van der Waals surface area contributed by atoms with Crippen molar-refractivity contribution in [2.75, 3.05) is 20.4 Å². The fourth-order valence-electron chi connectivity index (χ4n) is 5.74. The van der Waals surface area contributed by atoms with Crippen LogP contribution in [0.3, 0.4) is 0 Å². The second kappa shape index (κ2) is 15.3. The highest BCUT2D eigenvalue weighted by Crippen LogP contribution is 2.40. The molecule has 5 aromatic rings. The Bertz CT molecular complexity index is 2000. The average molecular weight is 671 g/mol. The monoisotopic (exact) mass is 670 g/mol. The molecule has 11 heteroatoms. The van der Waals surface area contributed by atoms with E-state index < -0.39 is 41.9 Å². The van der Waals surface area contributed by atoms with Crippen LogP contribution in [0.2, 0.25) is 0 Å². The summed E-state index contributed by atoms with van der Waals surface area (Å²) < 4.78 is 14.3. The third kappa shape index (κ3) is 7.69. The van der Waals surface area contributed by atoms with Gasteiger partial charge in [0.2, 0.25) is 17.7 Å². The molecule has 1 unspecified atom stereocenters. The molecule has 5 amide bonds. The number of fused-ring (bicyclic) bond motifs is 1. The Morgan fingerprint density at radius 1 is 0.680 bits per heavy atom. The molecule has 1 atom stereocenters. The van der Waals surface area contributed by atoms with E-state index >= 15 is 0 Å². The van der Waals surface area contributed by atoms with Crippen LogP contribution in [0.15, 0.2) is 127 Å². The molecule has 252 valence electrons. The molecule has 10 nitrogen and oxygen atoms in total. The lowest BCUT2D eigenvalue weighted by Gasteiger charge is -2.26. The molecule has 1 aliphatic rings. The van der Waals surface area contributed by atoms with Gasteiger partial charge in [0.15, 0.2) is 0 Å². The smallest absolute Gasteiger partial charge is 0.323 e. The molecule has 5 N–H and O–H groups in total. The van der Waals surface area contributed by atoms with Crippen molar-refractivity contribution in [1.29, 1.82) is 0 Å². The van der Waals surface area contributed by atoms with Crippen molar-refractivity contribution in [1.82, 2.24) is 5.32 Å². The van der Waals surface area contributed by atoms with Gasteiger partial charge in [0.1, 0.15) is 11.7 Å². The Hall–Kier alpha value is -6.33. The Balaban J connectivity index is 1.28. The van der Waals surface area contributed by atoms with Crippen molar-refractivity contribution in [2.24, 2.45) is 11.7 Å². The number of hydrogen-bond acceptors (Lipinski definition) is 5. The minimum atomic E-state index is -1.39. The number of hydrogen-bond donors (Lipinski definition) is 4. The second-order valence-electron chi connectivity index (χ2n) is 11.7. The van der Waals surface area contributed by atoms with Gasteiger partial charge in [0.25, 0.3) is 0 Å². The van der Waals surface area contributed by atoms with Crippen molar-refractivity contribution < 1.29 is 23.6 Å². The van der Waals surface area contributed by atoms with Gasteiger partial charge in [0.05, 0.1) is 17.9 Å². The fraction of sp³-hybridized carbons (Fsp3) is 0.128. The van der Waals surface area contributed by atoms with E-state index in [9.17, 15) is 23.6 Å². The predicted octanol–water partition coefficient (Wildman–Crippen LogP) is 6.46. The largest absolute Gasteiger partial charge is 0.352 e. The SMILES string of the molecule is NCc1ccc(N2C(=O)C(CC(=O)NCc3ccccc3F)C(=O)N(Cc3ccc(NC(=O)Nc4ccccc4)cc3)c3ccccc32)cc1. The molecule has 1 heterocycles. The minimum absolute atomic E-state index is 0.0763. The van der Waals surface area contributed by atoms with Gasteiger partial charge in [-0.25, -0.2) is 9.18 Å². The molecule has 0 spiro atoms. The molecule has 50 heavy (non-hydrogen) atoms. The number of para-hydroxylation sites is 3. The summed E-state index contributed by atoms with van der Waals surface area (Å²) in [5.41, 5.74) is 10.3. The number of rotatable bonds is 10. The second-order valence-corrected chi connectivity index (χ2v) is 11.7. The molecule has 5 aromatic carbocycles. The summed E-state index contributed by atoms with van der Waals surface area (Å²) >= 11 is 0. The van der Waals surface area contributed by atoms with Crippen LogP contribution in [0.5, 0.6) is 0 Å². The van der Waals surface area contributed by atoms with E-state index in [4.69, 9.17) is 5.73 Å². The predicted molar refractivity (Wildman–Crippen MR) is 191 cm³/mol. The van der Waals surface area contributed by atoms with Crippen molar-refractivity contribution in [3.63, 3.8) is 0 Å². The molecule has 0 aliphatic carbocycles. The van der Waals surface area contributed by atoms with Gasteiger partial charge < -0.3 is 26.6 Å². The summed E-state index contributed by atoms with van der Waals surface area (Å²) in [4.78, 5) is 57.5. The average Bonchev–Trinajstić information content (AvgIpc) is 3.21. The highest BCUT2D eigenvalue weighted by molar-refractivity contribution is 6.21. The topological polar surface area (TPSA) is 137 Å². The van der Waals surface area contributed by atoms with Crippen LogP contribution in [0, 0.1) is 11.7 Å². The lowest BCUT2D eigenvalue weighted by Crippen LogP contribution is -2.43. The molecular weight excluding hydrogens is 635 g/mol. The van der Waals surface area contributed by atoms with Crippen LogP contribution < -0.4 is 31.5 Å². The number of carbonyl (C=O) groups excluding carboxylic acids is 4. The first-order valence-electron chi connectivity index (χ1n) is 16.1. The third-order valence-corrected chi connectivity index (χ3v) is 8.33. The molecule has 6 rings (SSSR count). The number of carbonyl (C=O) groups is 4. The van der Waals surface area contributed by atoms with Crippen molar-refractivity contribution in [3.8, 4) is 0 Å². The van der Waals surface area contributed by atoms with Crippen LogP contribution in [0.25, 0.3) is 0 Å². The van der Waals surface area contributed by atoms with E-state index in [1.807, 2.05) is 30.3 Å². The summed E-state index contributed by atoms with van der Waals surface area (Å²) in [6.45, 7) is 0.291. The van der Waals surface area contributed by atoms with Gasteiger partial charge in [-0.3, -0.25) is 19.3 Å². The summed E-state index contributed by atoms with van der Waals surface area (Å²) in [5.74, 6) is -3.57. The van der Waals surface area contributed by atoms with Gasteiger partial charge in [-0.05, 0) is 65.7 Å². The van der Waals surface area contributed by atoms with Gasteiger partial charge in [-0.15, -0.1) is 0 Å². The number of anilines is 5. The van der Waals surface area contributed by atoms with Gasteiger partial charge >= 0.3 is 6.03 Å². The standard InChI is InChI=1S/C39H35FN6O4/c40-33-11-5-4-8-28(33)24-42-36(47)22-32-37(48)45(25-27-14-18-30(19-15-27)44-39(50)43-29-9-2-1-3-10-29)34-12-6-7-13-35(34)46(38(32)49)31-20-16-26(23-41)17-21-31/h1-21,32H,22-25,41H2,(H,42,47)(H2,43,44,50). The Morgan fingerprint density at radius 3 is 1.96 bits per heavy atom. The highest BCUT2D eigenvalue weighted by Gasteiger charge is 2.42. The van der Waals surface area contributed by atoms with Crippen LogP contribution in [-0.4, -0.2) is 23.8 Å². The number of benzene rings is 5. The maximum absolute atomic E-state index is 14.4. The molecule has 0 saturated heterocycles. The summed E-state index contributed by atoms with van der Waals surface area (Å²) in [6.07, 6.45) is -0.451. The zero-order valence-electron chi connectivity index (χ0n) is 27.0. The van der Waals surface area contributed by atoms with E-state index in [2.05, 4.69) is 16.0 Å². The number of urea groups is 1. The zero-order chi connectivity index (χ0) is 35.0. The number of nitrogens with two attached hydrogens (primary N) is 1. The first-order chi connectivity index (χ1) is 24.3. The van der Waals surface area contributed by atoms with E-state index in [0.717, 1.165) is 11.1 Å². The minimum Gasteiger partial charge on any atom is -0.352 e. The van der Waals surface area contributed by atoms with Crippen LogP contribution in [0.4, 0.5) is 37.6 Å². The number of nitrogens with one attached hydrogen (secondary N) is 3. The van der Waals surface area contributed by atoms with Crippen molar-refractivity contribution >= 4 is 52.2 Å².